The van der Waals surface area contributed by atoms with Crippen LogP contribution in [0.2, 0.25) is 0 Å². The van der Waals surface area contributed by atoms with E-state index in [4.69, 9.17) is 37.9 Å². The Bertz CT molecular complexity index is 944. The van der Waals surface area contributed by atoms with Crippen LogP contribution in [-0.4, -0.2) is 124 Å². The average molecular weight is 576 g/mol. The van der Waals surface area contributed by atoms with E-state index in [1.54, 1.807) is 14.2 Å². The lowest BCUT2D eigenvalue weighted by molar-refractivity contribution is -0.0195. The van der Waals surface area contributed by atoms with Crippen LogP contribution in [0.3, 0.4) is 0 Å². The number of carbonyl (C=O) groups excluding carboxylic acids is 1. The molecule has 0 bridgehead atoms. The number of ether oxygens (including phenoxy) is 8. The van der Waals surface area contributed by atoms with Crippen molar-refractivity contribution in [1.29, 1.82) is 0 Å². The molecule has 0 saturated heterocycles. The third-order valence-electron chi connectivity index (χ3n) is 6.51. The second-order valence-corrected chi connectivity index (χ2v) is 9.39. The Morgan fingerprint density at radius 2 is 1.00 bits per heavy atom. The van der Waals surface area contributed by atoms with Gasteiger partial charge in [-0.3, -0.25) is 0 Å². The second-order valence-electron chi connectivity index (χ2n) is 9.39. The number of nitrogens with zero attached hydrogens (tertiary/aromatic N) is 1. The smallest absolute Gasteiger partial charge is 0.409 e. The predicted molar refractivity (Wildman–Crippen MR) is 154 cm³/mol. The molecule has 0 aromatic heterocycles. The number of amides is 1. The minimum Gasteiger partial charge on any atom is -0.448 e. The monoisotopic (exact) mass is 575 g/mol. The zero-order valence-corrected chi connectivity index (χ0v) is 24.4. The van der Waals surface area contributed by atoms with Crippen molar-refractivity contribution in [2.75, 3.05) is 113 Å². The van der Waals surface area contributed by atoms with Gasteiger partial charge in [0.25, 0.3) is 0 Å². The molecule has 2 aromatic rings. The van der Waals surface area contributed by atoms with Crippen molar-refractivity contribution in [3.8, 4) is 11.1 Å². The van der Waals surface area contributed by atoms with Gasteiger partial charge in [0, 0.05) is 26.6 Å². The Balaban J connectivity index is 1.11. The third-order valence-corrected chi connectivity index (χ3v) is 6.51. The highest BCUT2D eigenvalue weighted by Gasteiger charge is 2.29. The Kier molecular flexibility index (Phi) is 16.3. The van der Waals surface area contributed by atoms with E-state index in [9.17, 15) is 4.79 Å². The van der Waals surface area contributed by atoms with E-state index in [1.807, 2.05) is 24.3 Å². The standard InChI is InChI=1S/C31H45NO9/c1-32(31(33)41-25-30-28-9-5-3-7-26(28)27-8-4-6-10-29(27)30)11-12-35-15-16-37-19-20-39-23-24-40-22-21-38-18-17-36-14-13-34-2/h3-10,30H,11-25H2,1-2H3. The Morgan fingerprint density at radius 1 is 0.610 bits per heavy atom. The van der Waals surface area contributed by atoms with Gasteiger partial charge < -0.3 is 42.8 Å². The zero-order chi connectivity index (χ0) is 29.0. The van der Waals surface area contributed by atoms with Crippen LogP contribution in [0.15, 0.2) is 48.5 Å². The van der Waals surface area contributed by atoms with Gasteiger partial charge >= 0.3 is 6.09 Å². The first-order valence-corrected chi connectivity index (χ1v) is 14.2. The van der Waals surface area contributed by atoms with E-state index in [0.29, 0.717) is 99.0 Å². The lowest BCUT2D eigenvalue weighted by Crippen LogP contribution is -2.32. The number of hydrogen-bond donors (Lipinski definition) is 0. The first-order chi connectivity index (χ1) is 20.2. The molecule has 0 atom stereocenters. The normalized spacial score (nSPS) is 12.3. The number of benzene rings is 2. The molecule has 228 valence electrons. The van der Waals surface area contributed by atoms with Crippen LogP contribution in [-0.2, 0) is 37.9 Å². The first kappa shape index (κ1) is 32.9. The van der Waals surface area contributed by atoms with E-state index >= 15 is 0 Å². The van der Waals surface area contributed by atoms with Crippen molar-refractivity contribution in [2.45, 2.75) is 5.92 Å². The highest BCUT2D eigenvalue weighted by atomic mass is 16.6. The minimum absolute atomic E-state index is 0.0479. The van der Waals surface area contributed by atoms with E-state index in [1.165, 1.54) is 27.2 Å². The molecule has 0 heterocycles. The maximum Gasteiger partial charge on any atom is 0.409 e. The van der Waals surface area contributed by atoms with Crippen LogP contribution in [0, 0.1) is 0 Å². The number of hydrogen-bond acceptors (Lipinski definition) is 9. The Morgan fingerprint density at radius 3 is 1.44 bits per heavy atom. The van der Waals surface area contributed by atoms with Crippen LogP contribution in [0.5, 0.6) is 0 Å². The highest BCUT2D eigenvalue weighted by molar-refractivity contribution is 5.79. The topological polar surface area (TPSA) is 94.2 Å². The van der Waals surface area contributed by atoms with Gasteiger partial charge in [0.05, 0.1) is 85.9 Å². The molecular formula is C31H45NO9. The van der Waals surface area contributed by atoms with Gasteiger partial charge in [0.2, 0.25) is 0 Å². The van der Waals surface area contributed by atoms with Crippen molar-refractivity contribution in [1.82, 2.24) is 4.90 Å². The van der Waals surface area contributed by atoms with E-state index in [0.717, 1.165) is 0 Å². The molecule has 0 saturated carbocycles. The van der Waals surface area contributed by atoms with E-state index in [-0.39, 0.29) is 12.0 Å². The maximum absolute atomic E-state index is 12.5. The first-order valence-electron chi connectivity index (χ1n) is 14.2. The molecule has 41 heavy (non-hydrogen) atoms. The quantitative estimate of drug-likeness (QED) is 0.184. The van der Waals surface area contributed by atoms with Gasteiger partial charge in [-0.25, -0.2) is 4.79 Å². The molecule has 1 aliphatic rings. The van der Waals surface area contributed by atoms with Gasteiger partial charge in [-0.15, -0.1) is 0 Å². The summed E-state index contributed by atoms with van der Waals surface area (Å²) in [5, 5.41) is 0. The van der Waals surface area contributed by atoms with Crippen molar-refractivity contribution in [3.05, 3.63) is 59.7 Å². The molecule has 0 unspecified atom stereocenters. The van der Waals surface area contributed by atoms with Crippen LogP contribution in [0.25, 0.3) is 11.1 Å². The summed E-state index contributed by atoms with van der Waals surface area (Å²) in [6.45, 7) is 7.34. The second kappa shape index (κ2) is 20.3. The molecule has 0 aliphatic heterocycles. The lowest BCUT2D eigenvalue weighted by atomic mass is 9.98. The van der Waals surface area contributed by atoms with Crippen molar-refractivity contribution in [3.63, 3.8) is 0 Å². The summed E-state index contributed by atoms with van der Waals surface area (Å²) in [5.74, 6) is 0.0479. The Hall–Kier alpha value is -2.57. The summed E-state index contributed by atoms with van der Waals surface area (Å²) in [4.78, 5) is 14.1. The number of carbonyl (C=O) groups is 1. The average Bonchev–Trinajstić information content (AvgIpc) is 3.32. The lowest BCUT2D eigenvalue weighted by Gasteiger charge is -2.19. The number of methoxy groups -OCH3 is 1. The number of fused-ring (bicyclic) bond motifs is 3. The Labute approximate surface area is 243 Å². The molecule has 1 amide bonds. The molecule has 10 heteroatoms. The van der Waals surface area contributed by atoms with Gasteiger partial charge in [-0.1, -0.05) is 48.5 Å². The fourth-order valence-corrected chi connectivity index (χ4v) is 4.34. The summed E-state index contributed by atoms with van der Waals surface area (Å²) >= 11 is 0. The molecule has 0 N–H and O–H groups in total. The van der Waals surface area contributed by atoms with Crippen molar-refractivity contribution >= 4 is 6.09 Å². The summed E-state index contributed by atoms with van der Waals surface area (Å²) in [6.07, 6.45) is -0.358. The predicted octanol–water partition coefficient (Wildman–Crippen LogP) is 3.61. The molecule has 0 fully saturated rings. The van der Waals surface area contributed by atoms with E-state index in [2.05, 4.69) is 24.3 Å². The zero-order valence-electron chi connectivity index (χ0n) is 24.4. The summed E-state index contributed by atoms with van der Waals surface area (Å²) in [5.41, 5.74) is 4.82. The molecular weight excluding hydrogens is 530 g/mol. The van der Waals surface area contributed by atoms with Gasteiger partial charge in [0.1, 0.15) is 6.61 Å². The molecule has 2 aromatic carbocycles. The number of likely N-dealkylation sites (N-methyl/N-ethyl adjacent to an activating group) is 1. The minimum atomic E-state index is -0.358. The third kappa shape index (κ3) is 12.1. The SMILES string of the molecule is COCCOCCOCCOCCOCCOCCOCCN(C)C(=O)OCC1c2ccccc2-c2ccccc21. The van der Waals surface area contributed by atoms with Crippen LogP contribution < -0.4 is 0 Å². The molecule has 3 rings (SSSR count). The molecule has 0 spiro atoms. The summed E-state index contributed by atoms with van der Waals surface area (Å²) in [6, 6.07) is 16.6. The molecule has 1 aliphatic carbocycles. The van der Waals surface area contributed by atoms with Crippen LogP contribution in [0.4, 0.5) is 4.79 Å². The number of rotatable bonds is 23. The van der Waals surface area contributed by atoms with Crippen molar-refractivity contribution < 1.29 is 42.7 Å². The highest BCUT2D eigenvalue weighted by Crippen LogP contribution is 2.44. The maximum atomic E-state index is 12.5. The molecule has 10 nitrogen and oxygen atoms in total. The van der Waals surface area contributed by atoms with E-state index < -0.39 is 0 Å². The van der Waals surface area contributed by atoms with Crippen LogP contribution in [0.1, 0.15) is 17.0 Å². The van der Waals surface area contributed by atoms with Gasteiger partial charge in [-0.05, 0) is 22.3 Å². The summed E-state index contributed by atoms with van der Waals surface area (Å²) < 4.78 is 43.3. The largest absolute Gasteiger partial charge is 0.448 e. The van der Waals surface area contributed by atoms with Crippen LogP contribution >= 0.6 is 0 Å². The van der Waals surface area contributed by atoms with Crippen molar-refractivity contribution in [2.24, 2.45) is 0 Å². The summed E-state index contributed by atoms with van der Waals surface area (Å²) in [7, 11) is 3.36. The fourth-order valence-electron chi connectivity index (χ4n) is 4.34. The molecule has 0 radical (unpaired) electrons. The van der Waals surface area contributed by atoms with Gasteiger partial charge in [0.15, 0.2) is 0 Å². The van der Waals surface area contributed by atoms with Gasteiger partial charge in [-0.2, -0.15) is 0 Å². The fraction of sp³-hybridized carbons (Fsp3) is 0.581.